The molecule has 3 rings (SSSR count). The van der Waals surface area contributed by atoms with Gasteiger partial charge < -0.3 is 19.5 Å². The van der Waals surface area contributed by atoms with Crippen LogP contribution in [0.5, 0.6) is 11.5 Å². The Hall–Kier alpha value is -3.80. The number of aromatic hydroxyl groups is 1. The van der Waals surface area contributed by atoms with E-state index < -0.39 is 0 Å². The van der Waals surface area contributed by atoms with E-state index in [-0.39, 0.29) is 23.7 Å². The van der Waals surface area contributed by atoms with Gasteiger partial charge in [0, 0.05) is 24.6 Å². The molecule has 1 amide bonds. The number of rotatable bonds is 13. The zero-order chi connectivity index (χ0) is 26.6. The Morgan fingerprint density at radius 1 is 0.892 bits per heavy atom. The number of amides is 1. The average molecular weight is 504 g/mol. The van der Waals surface area contributed by atoms with Gasteiger partial charge in [-0.3, -0.25) is 9.59 Å². The Kier molecular flexibility index (Phi) is 10.6. The first kappa shape index (κ1) is 27.8. The lowest BCUT2D eigenvalue weighted by atomic mass is 10.0. The molecule has 0 spiro atoms. The van der Waals surface area contributed by atoms with Gasteiger partial charge in [0.1, 0.15) is 11.5 Å². The lowest BCUT2D eigenvalue weighted by molar-refractivity contribution is -0.143. The van der Waals surface area contributed by atoms with Crippen LogP contribution in [-0.2, 0) is 16.1 Å². The van der Waals surface area contributed by atoms with Gasteiger partial charge in [0.15, 0.2) is 0 Å². The highest BCUT2D eigenvalue weighted by molar-refractivity contribution is 5.95. The van der Waals surface area contributed by atoms with E-state index in [9.17, 15) is 14.7 Å². The Balaban J connectivity index is 1.56. The highest BCUT2D eigenvalue weighted by Gasteiger charge is 2.19. The summed E-state index contributed by atoms with van der Waals surface area (Å²) in [5.41, 5.74) is 3.45. The third-order valence-corrected chi connectivity index (χ3v) is 6.05. The Morgan fingerprint density at radius 2 is 1.65 bits per heavy atom. The van der Waals surface area contributed by atoms with Crippen molar-refractivity contribution in [2.45, 2.75) is 59.0 Å². The first-order chi connectivity index (χ1) is 17.9. The summed E-state index contributed by atoms with van der Waals surface area (Å²) in [7, 11) is 0. The summed E-state index contributed by atoms with van der Waals surface area (Å²) in [5.74, 6) is 0.802. The minimum atomic E-state index is -0.146. The monoisotopic (exact) mass is 503 g/mol. The molecule has 3 aromatic rings. The molecule has 196 valence electrons. The Labute approximate surface area is 219 Å². The Morgan fingerprint density at radius 3 is 2.35 bits per heavy atom. The van der Waals surface area contributed by atoms with Crippen LogP contribution in [0.25, 0.3) is 11.1 Å². The third-order valence-electron chi connectivity index (χ3n) is 6.05. The first-order valence-electron chi connectivity index (χ1n) is 12.9. The van der Waals surface area contributed by atoms with Crippen molar-refractivity contribution in [2.75, 3.05) is 13.2 Å². The van der Waals surface area contributed by atoms with E-state index in [0.717, 1.165) is 41.7 Å². The number of nitrogens with zero attached hydrogens (tertiary/aromatic N) is 1. The lowest BCUT2D eigenvalue weighted by Crippen LogP contribution is -2.36. The number of carbonyl (C=O) groups excluding carboxylic acids is 2. The van der Waals surface area contributed by atoms with Crippen LogP contribution in [0.1, 0.15) is 62.4 Å². The molecule has 0 atom stereocenters. The standard InChI is InChI=1S/C31H37NO5/c1-4-36-30(34)14-6-5-7-19-37-29-13-8-10-24(20-29)22-32(23(2)3)31(35)26-17-15-25(16-18-26)27-11-9-12-28(33)21-27/h8-13,15-18,20-21,23,33H,4-7,14,19,22H2,1-3H3. The number of benzene rings is 3. The molecule has 3 aromatic carbocycles. The van der Waals surface area contributed by atoms with Gasteiger partial charge in [0.25, 0.3) is 5.91 Å². The van der Waals surface area contributed by atoms with Crippen LogP contribution in [0.2, 0.25) is 0 Å². The first-order valence-corrected chi connectivity index (χ1v) is 12.9. The number of esters is 1. The number of carbonyl (C=O) groups is 2. The number of ether oxygens (including phenoxy) is 2. The molecule has 0 unspecified atom stereocenters. The molecule has 0 bridgehead atoms. The summed E-state index contributed by atoms with van der Waals surface area (Å²) in [6, 6.07) is 22.4. The maximum absolute atomic E-state index is 13.4. The predicted octanol–water partition coefficient (Wildman–Crippen LogP) is 6.61. The van der Waals surface area contributed by atoms with Gasteiger partial charge in [0.2, 0.25) is 0 Å². The number of unbranched alkanes of at least 4 members (excludes halogenated alkanes) is 2. The molecule has 0 aliphatic rings. The zero-order valence-corrected chi connectivity index (χ0v) is 22.0. The minimum absolute atomic E-state index is 0.0159. The topological polar surface area (TPSA) is 76.1 Å². The SMILES string of the molecule is CCOC(=O)CCCCCOc1cccc(CN(C(=O)c2ccc(-c3cccc(O)c3)cc2)C(C)C)c1. The molecular formula is C31H37NO5. The van der Waals surface area contributed by atoms with Gasteiger partial charge in [-0.1, -0.05) is 36.4 Å². The maximum Gasteiger partial charge on any atom is 0.305 e. The third kappa shape index (κ3) is 8.67. The molecular weight excluding hydrogens is 466 g/mol. The van der Waals surface area contributed by atoms with Gasteiger partial charge in [-0.25, -0.2) is 0 Å². The van der Waals surface area contributed by atoms with Crippen molar-refractivity contribution in [1.82, 2.24) is 4.90 Å². The van der Waals surface area contributed by atoms with E-state index in [1.165, 1.54) is 0 Å². The van der Waals surface area contributed by atoms with E-state index in [4.69, 9.17) is 9.47 Å². The molecule has 0 radical (unpaired) electrons. The molecule has 0 saturated carbocycles. The van der Waals surface area contributed by atoms with Gasteiger partial charge in [-0.15, -0.1) is 0 Å². The summed E-state index contributed by atoms with van der Waals surface area (Å²) >= 11 is 0. The molecule has 0 saturated heterocycles. The second-order valence-electron chi connectivity index (χ2n) is 9.27. The van der Waals surface area contributed by atoms with Crippen LogP contribution in [0.15, 0.2) is 72.8 Å². The second-order valence-corrected chi connectivity index (χ2v) is 9.27. The van der Waals surface area contributed by atoms with Crippen molar-refractivity contribution in [2.24, 2.45) is 0 Å². The highest BCUT2D eigenvalue weighted by atomic mass is 16.5. The smallest absolute Gasteiger partial charge is 0.305 e. The predicted molar refractivity (Wildman–Crippen MR) is 146 cm³/mol. The average Bonchev–Trinajstić information content (AvgIpc) is 2.89. The molecule has 0 aliphatic heterocycles. The van der Waals surface area contributed by atoms with Crippen LogP contribution >= 0.6 is 0 Å². The van der Waals surface area contributed by atoms with E-state index in [0.29, 0.717) is 31.7 Å². The summed E-state index contributed by atoms with van der Waals surface area (Å²) in [5, 5.41) is 9.74. The van der Waals surface area contributed by atoms with Crippen molar-refractivity contribution in [3.63, 3.8) is 0 Å². The maximum atomic E-state index is 13.4. The van der Waals surface area contributed by atoms with Crippen molar-refractivity contribution < 1.29 is 24.2 Å². The van der Waals surface area contributed by atoms with Crippen LogP contribution in [-0.4, -0.2) is 41.1 Å². The molecule has 6 nitrogen and oxygen atoms in total. The van der Waals surface area contributed by atoms with Crippen LogP contribution in [0.4, 0.5) is 0 Å². The fourth-order valence-electron chi connectivity index (χ4n) is 4.05. The van der Waals surface area contributed by atoms with E-state index >= 15 is 0 Å². The normalized spacial score (nSPS) is 10.8. The Bertz CT molecular complexity index is 1160. The number of hydrogen-bond donors (Lipinski definition) is 1. The van der Waals surface area contributed by atoms with Crippen molar-refractivity contribution in [3.05, 3.63) is 83.9 Å². The zero-order valence-electron chi connectivity index (χ0n) is 22.0. The number of phenols is 1. The number of phenolic OH excluding ortho intramolecular Hbond substituents is 1. The van der Waals surface area contributed by atoms with Gasteiger partial charge >= 0.3 is 5.97 Å². The van der Waals surface area contributed by atoms with E-state index in [1.54, 1.807) is 18.2 Å². The van der Waals surface area contributed by atoms with Crippen LogP contribution in [0.3, 0.4) is 0 Å². The molecule has 1 N–H and O–H groups in total. The van der Waals surface area contributed by atoms with Crippen molar-refractivity contribution in [3.8, 4) is 22.6 Å². The van der Waals surface area contributed by atoms with E-state index in [1.807, 2.05) is 80.3 Å². The fraction of sp³-hybridized carbons (Fsp3) is 0.355. The fourth-order valence-corrected chi connectivity index (χ4v) is 4.05. The molecule has 0 aromatic heterocycles. The van der Waals surface area contributed by atoms with Crippen molar-refractivity contribution in [1.29, 1.82) is 0 Å². The van der Waals surface area contributed by atoms with Crippen molar-refractivity contribution >= 4 is 11.9 Å². The van der Waals surface area contributed by atoms with Gasteiger partial charge in [0.05, 0.1) is 13.2 Å². The molecule has 0 heterocycles. The molecule has 37 heavy (non-hydrogen) atoms. The quantitative estimate of drug-likeness (QED) is 0.210. The highest BCUT2D eigenvalue weighted by Crippen LogP contribution is 2.24. The number of hydrogen-bond acceptors (Lipinski definition) is 5. The molecule has 0 aliphatic carbocycles. The summed E-state index contributed by atoms with van der Waals surface area (Å²) < 4.78 is 10.9. The minimum Gasteiger partial charge on any atom is -0.508 e. The van der Waals surface area contributed by atoms with Gasteiger partial charge in [-0.2, -0.15) is 0 Å². The van der Waals surface area contributed by atoms with E-state index in [2.05, 4.69) is 0 Å². The molecule has 0 fully saturated rings. The summed E-state index contributed by atoms with van der Waals surface area (Å²) in [6.07, 6.45) is 3.00. The van der Waals surface area contributed by atoms with Crippen LogP contribution in [0, 0.1) is 0 Å². The second kappa shape index (κ2) is 14.1. The van der Waals surface area contributed by atoms with Crippen LogP contribution < -0.4 is 4.74 Å². The molecule has 6 heteroatoms. The summed E-state index contributed by atoms with van der Waals surface area (Å²) in [4.78, 5) is 26.6. The summed E-state index contributed by atoms with van der Waals surface area (Å²) in [6.45, 7) is 7.30. The largest absolute Gasteiger partial charge is 0.508 e. The van der Waals surface area contributed by atoms with Gasteiger partial charge in [-0.05, 0) is 93.1 Å². The lowest BCUT2D eigenvalue weighted by Gasteiger charge is -2.27.